The summed E-state index contributed by atoms with van der Waals surface area (Å²) in [6, 6.07) is 1.09. The number of hydrogen-bond acceptors (Lipinski definition) is 4. The highest BCUT2D eigenvalue weighted by Gasteiger charge is 2.16. The largest absolute Gasteiger partial charge is 0.478 e. The van der Waals surface area contributed by atoms with Crippen LogP contribution in [0.1, 0.15) is 10.4 Å². The van der Waals surface area contributed by atoms with Gasteiger partial charge in [-0.05, 0) is 6.07 Å². The van der Waals surface area contributed by atoms with E-state index in [0.29, 0.717) is 12.1 Å². The van der Waals surface area contributed by atoms with Crippen LogP contribution in [0.15, 0.2) is 12.1 Å². The maximum absolute atomic E-state index is 13.3. The van der Waals surface area contributed by atoms with Gasteiger partial charge < -0.3 is 20.9 Å². The number of halogens is 2. The lowest BCUT2D eigenvalue weighted by atomic mass is 10.2. The molecule has 4 N–H and O–H groups in total. The number of amides is 1. The van der Waals surface area contributed by atoms with E-state index in [4.69, 9.17) is 15.6 Å². The SMILES string of the molecule is NCCOCC(=O)Nc1cc(C(=O)O)c(F)cc1F. The van der Waals surface area contributed by atoms with Crippen LogP contribution < -0.4 is 11.1 Å². The highest BCUT2D eigenvalue weighted by molar-refractivity contribution is 5.94. The van der Waals surface area contributed by atoms with Crippen LogP contribution in [0.3, 0.4) is 0 Å². The first kappa shape index (κ1) is 15.0. The molecule has 8 heteroatoms. The average molecular weight is 274 g/mol. The van der Waals surface area contributed by atoms with Crippen molar-refractivity contribution in [2.24, 2.45) is 5.73 Å². The summed E-state index contributed by atoms with van der Waals surface area (Å²) in [5.41, 5.74) is 3.97. The molecule has 1 rings (SSSR count). The van der Waals surface area contributed by atoms with E-state index < -0.39 is 34.8 Å². The summed E-state index contributed by atoms with van der Waals surface area (Å²) in [5.74, 6) is -4.56. The molecule has 1 aromatic carbocycles. The molecule has 104 valence electrons. The fourth-order valence-corrected chi connectivity index (χ4v) is 1.24. The number of carbonyl (C=O) groups excluding carboxylic acids is 1. The van der Waals surface area contributed by atoms with Gasteiger partial charge in [0.2, 0.25) is 5.91 Å². The summed E-state index contributed by atoms with van der Waals surface area (Å²) in [6.07, 6.45) is 0. The van der Waals surface area contributed by atoms with Crippen LogP contribution in [0.25, 0.3) is 0 Å². The predicted octanol–water partition coefficient (Wildman–Crippen LogP) is 0.577. The van der Waals surface area contributed by atoms with Crippen molar-refractivity contribution in [2.45, 2.75) is 0 Å². The molecule has 0 spiro atoms. The smallest absolute Gasteiger partial charge is 0.338 e. The van der Waals surface area contributed by atoms with E-state index in [1.807, 2.05) is 0 Å². The van der Waals surface area contributed by atoms with Crippen LogP contribution in [-0.2, 0) is 9.53 Å². The zero-order valence-corrected chi connectivity index (χ0v) is 9.78. The van der Waals surface area contributed by atoms with Crippen LogP contribution in [0.2, 0.25) is 0 Å². The van der Waals surface area contributed by atoms with Crippen molar-refractivity contribution in [3.63, 3.8) is 0 Å². The molecule has 0 unspecified atom stereocenters. The van der Waals surface area contributed by atoms with Crippen molar-refractivity contribution < 1.29 is 28.2 Å². The monoisotopic (exact) mass is 274 g/mol. The second-order valence-electron chi connectivity index (χ2n) is 3.51. The molecule has 0 aromatic heterocycles. The van der Waals surface area contributed by atoms with Gasteiger partial charge in [0.15, 0.2) is 0 Å². The number of nitrogens with two attached hydrogens (primary N) is 1. The lowest BCUT2D eigenvalue weighted by molar-refractivity contribution is -0.120. The minimum Gasteiger partial charge on any atom is -0.478 e. The number of anilines is 1. The average Bonchev–Trinajstić information content (AvgIpc) is 2.32. The molecule has 6 nitrogen and oxygen atoms in total. The maximum atomic E-state index is 13.3. The van der Waals surface area contributed by atoms with Crippen LogP contribution in [0.4, 0.5) is 14.5 Å². The van der Waals surface area contributed by atoms with Gasteiger partial charge >= 0.3 is 5.97 Å². The molecule has 0 saturated heterocycles. The maximum Gasteiger partial charge on any atom is 0.338 e. The molecule has 0 atom stereocenters. The third kappa shape index (κ3) is 4.27. The molecule has 0 aliphatic heterocycles. The Morgan fingerprint density at radius 1 is 1.32 bits per heavy atom. The van der Waals surface area contributed by atoms with Gasteiger partial charge in [-0.2, -0.15) is 0 Å². The lowest BCUT2D eigenvalue weighted by Gasteiger charge is -2.08. The van der Waals surface area contributed by atoms with E-state index >= 15 is 0 Å². The molecular weight excluding hydrogens is 262 g/mol. The van der Waals surface area contributed by atoms with Gasteiger partial charge in [-0.25, -0.2) is 13.6 Å². The molecule has 0 heterocycles. The van der Waals surface area contributed by atoms with E-state index in [0.717, 1.165) is 0 Å². The molecular formula is C11H12F2N2O4. The van der Waals surface area contributed by atoms with E-state index in [2.05, 4.69) is 5.32 Å². The lowest BCUT2D eigenvalue weighted by Crippen LogP contribution is -2.21. The van der Waals surface area contributed by atoms with Crippen molar-refractivity contribution in [1.82, 2.24) is 0 Å². The van der Waals surface area contributed by atoms with Gasteiger partial charge in [-0.1, -0.05) is 0 Å². The topological polar surface area (TPSA) is 102 Å². The van der Waals surface area contributed by atoms with Gasteiger partial charge in [0, 0.05) is 12.6 Å². The number of ether oxygens (including phenoxy) is 1. The molecule has 0 aliphatic carbocycles. The third-order valence-electron chi connectivity index (χ3n) is 2.06. The Morgan fingerprint density at radius 2 is 2.00 bits per heavy atom. The quantitative estimate of drug-likeness (QED) is 0.658. The second-order valence-corrected chi connectivity index (χ2v) is 3.51. The van der Waals surface area contributed by atoms with Crippen LogP contribution in [0.5, 0.6) is 0 Å². The number of carbonyl (C=O) groups is 2. The molecule has 1 aromatic rings. The van der Waals surface area contributed by atoms with E-state index in [9.17, 15) is 18.4 Å². The van der Waals surface area contributed by atoms with Gasteiger partial charge in [-0.3, -0.25) is 4.79 Å². The van der Waals surface area contributed by atoms with Gasteiger partial charge in [-0.15, -0.1) is 0 Å². The molecule has 1 amide bonds. The first-order chi connectivity index (χ1) is 8.95. The van der Waals surface area contributed by atoms with E-state index in [-0.39, 0.29) is 19.8 Å². The minimum atomic E-state index is -1.56. The Hall–Kier alpha value is -2.06. The Labute approximate surface area is 107 Å². The summed E-state index contributed by atoms with van der Waals surface area (Å²) in [4.78, 5) is 22.0. The van der Waals surface area contributed by atoms with Crippen molar-refractivity contribution in [1.29, 1.82) is 0 Å². The summed E-state index contributed by atoms with van der Waals surface area (Å²) in [6.45, 7) is 0.0114. The number of benzene rings is 1. The molecule has 0 bridgehead atoms. The van der Waals surface area contributed by atoms with E-state index in [1.54, 1.807) is 0 Å². The summed E-state index contributed by atoms with van der Waals surface area (Å²) >= 11 is 0. The fraction of sp³-hybridized carbons (Fsp3) is 0.273. The molecule has 0 aliphatic rings. The molecule has 0 fully saturated rings. The van der Waals surface area contributed by atoms with Crippen LogP contribution >= 0.6 is 0 Å². The predicted molar refractivity (Wildman–Crippen MR) is 61.8 cm³/mol. The van der Waals surface area contributed by atoms with Crippen molar-refractivity contribution in [3.8, 4) is 0 Å². The Bertz CT molecular complexity index is 494. The highest BCUT2D eigenvalue weighted by atomic mass is 19.1. The second kappa shape index (κ2) is 6.76. The zero-order chi connectivity index (χ0) is 14.4. The molecule has 0 saturated carbocycles. The Morgan fingerprint density at radius 3 is 2.58 bits per heavy atom. The number of rotatable bonds is 6. The fourth-order valence-electron chi connectivity index (χ4n) is 1.24. The zero-order valence-electron chi connectivity index (χ0n) is 9.78. The van der Waals surface area contributed by atoms with Crippen LogP contribution in [0, 0.1) is 11.6 Å². The Balaban J connectivity index is 2.80. The van der Waals surface area contributed by atoms with Crippen molar-refractivity contribution >= 4 is 17.6 Å². The van der Waals surface area contributed by atoms with Gasteiger partial charge in [0.1, 0.15) is 18.2 Å². The summed E-state index contributed by atoms with van der Waals surface area (Å²) in [5, 5.41) is 10.8. The molecule has 0 radical (unpaired) electrons. The van der Waals surface area contributed by atoms with Crippen molar-refractivity contribution in [3.05, 3.63) is 29.3 Å². The van der Waals surface area contributed by atoms with Crippen molar-refractivity contribution in [2.75, 3.05) is 25.1 Å². The van der Waals surface area contributed by atoms with E-state index in [1.165, 1.54) is 0 Å². The highest BCUT2D eigenvalue weighted by Crippen LogP contribution is 2.19. The van der Waals surface area contributed by atoms with Gasteiger partial charge in [0.05, 0.1) is 17.9 Å². The number of hydrogen-bond donors (Lipinski definition) is 3. The number of carboxylic acids is 1. The van der Waals surface area contributed by atoms with Gasteiger partial charge in [0.25, 0.3) is 0 Å². The van der Waals surface area contributed by atoms with Crippen LogP contribution in [-0.4, -0.2) is 36.7 Å². The molecule has 19 heavy (non-hydrogen) atoms. The third-order valence-corrected chi connectivity index (χ3v) is 2.06. The summed E-state index contributed by atoms with van der Waals surface area (Å²) in [7, 11) is 0. The Kier molecular flexibility index (Phi) is 5.34. The standard InChI is InChI=1S/C11H12F2N2O4/c12-7-4-8(13)9(3-6(7)11(17)18)15-10(16)5-19-2-1-14/h3-4H,1-2,5,14H2,(H,15,16)(H,17,18). The normalized spacial score (nSPS) is 10.3. The first-order valence-electron chi connectivity index (χ1n) is 5.25. The summed E-state index contributed by atoms with van der Waals surface area (Å²) < 4.78 is 31.2. The first-order valence-corrected chi connectivity index (χ1v) is 5.25. The number of nitrogens with one attached hydrogen (secondary N) is 1. The number of aromatic carboxylic acids is 1. The minimum absolute atomic E-state index is 0.152. The number of carboxylic acid groups (broad SMARTS) is 1.